The van der Waals surface area contributed by atoms with Gasteiger partial charge in [-0.05, 0) is 60.4 Å². The molecule has 0 saturated heterocycles. The van der Waals surface area contributed by atoms with Crippen molar-refractivity contribution in [2.45, 2.75) is 26.7 Å². The number of ether oxygens (including phenoxy) is 2. The van der Waals surface area contributed by atoms with Crippen LogP contribution in [0.3, 0.4) is 0 Å². The summed E-state index contributed by atoms with van der Waals surface area (Å²) < 4.78 is 10.5. The third kappa shape index (κ3) is 3.63. The fraction of sp³-hybridized carbons (Fsp3) is 0.278. The van der Waals surface area contributed by atoms with E-state index in [0.29, 0.717) is 23.0 Å². The number of rotatable bonds is 4. The number of carbonyl (C=O) groups excluding carboxylic acids is 1. The molecule has 2 aromatic rings. The van der Waals surface area contributed by atoms with E-state index in [2.05, 4.69) is 13.8 Å². The fourth-order valence-electron chi connectivity index (χ4n) is 2.25. The van der Waals surface area contributed by atoms with Crippen LogP contribution in [0.4, 0.5) is 0 Å². The molecular formula is C18H20O3. The van der Waals surface area contributed by atoms with Crippen molar-refractivity contribution in [2.75, 3.05) is 7.11 Å². The van der Waals surface area contributed by atoms with E-state index >= 15 is 0 Å². The third-order valence-electron chi connectivity index (χ3n) is 3.40. The van der Waals surface area contributed by atoms with Gasteiger partial charge in [0.2, 0.25) is 0 Å². The summed E-state index contributed by atoms with van der Waals surface area (Å²) in [5, 5.41) is 0. The predicted octanol–water partition coefficient (Wildman–Crippen LogP) is 4.35. The zero-order valence-corrected chi connectivity index (χ0v) is 12.8. The van der Waals surface area contributed by atoms with Crippen molar-refractivity contribution in [1.29, 1.82) is 0 Å². The average Bonchev–Trinajstić information content (AvgIpc) is 2.47. The average molecular weight is 284 g/mol. The number of aryl methyl sites for hydroxylation is 1. The summed E-state index contributed by atoms with van der Waals surface area (Å²) in [6.45, 7) is 6.32. The Hall–Kier alpha value is -2.29. The Morgan fingerprint density at radius 1 is 1.00 bits per heavy atom. The molecule has 0 spiro atoms. The first kappa shape index (κ1) is 15.1. The number of methoxy groups -OCH3 is 1. The monoisotopic (exact) mass is 284 g/mol. The first-order valence-corrected chi connectivity index (χ1v) is 6.98. The predicted molar refractivity (Wildman–Crippen MR) is 83.2 cm³/mol. The van der Waals surface area contributed by atoms with Crippen LogP contribution in [0, 0.1) is 6.92 Å². The van der Waals surface area contributed by atoms with Crippen molar-refractivity contribution in [3.8, 4) is 11.5 Å². The van der Waals surface area contributed by atoms with Crippen LogP contribution in [-0.2, 0) is 0 Å². The van der Waals surface area contributed by atoms with E-state index < -0.39 is 0 Å². The number of benzene rings is 2. The molecular weight excluding hydrogens is 264 g/mol. The van der Waals surface area contributed by atoms with Crippen molar-refractivity contribution in [1.82, 2.24) is 0 Å². The molecule has 0 heterocycles. The van der Waals surface area contributed by atoms with Crippen LogP contribution in [0.2, 0.25) is 0 Å². The van der Waals surface area contributed by atoms with E-state index in [9.17, 15) is 4.79 Å². The van der Waals surface area contributed by atoms with Crippen LogP contribution in [-0.4, -0.2) is 13.1 Å². The molecule has 0 saturated carbocycles. The first-order chi connectivity index (χ1) is 10.0. The molecule has 0 unspecified atom stereocenters. The summed E-state index contributed by atoms with van der Waals surface area (Å²) in [4.78, 5) is 12.1. The topological polar surface area (TPSA) is 35.5 Å². The molecule has 0 radical (unpaired) electrons. The van der Waals surface area contributed by atoms with Gasteiger partial charge in [0.05, 0.1) is 12.7 Å². The van der Waals surface area contributed by atoms with Crippen molar-refractivity contribution in [2.24, 2.45) is 0 Å². The molecule has 2 aromatic carbocycles. The summed E-state index contributed by atoms with van der Waals surface area (Å²) in [6, 6.07) is 12.6. The Kier molecular flexibility index (Phi) is 4.63. The highest BCUT2D eigenvalue weighted by atomic mass is 16.5. The second-order valence-electron chi connectivity index (χ2n) is 5.29. The number of hydrogen-bond donors (Lipinski definition) is 0. The van der Waals surface area contributed by atoms with Gasteiger partial charge in [-0.25, -0.2) is 4.79 Å². The Morgan fingerprint density at radius 3 is 2.14 bits per heavy atom. The van der Waals surface area contributed by atoms with Crippen LogP contribution in [0.25, 0.3) is 0 Å². The van der Waals surface area contributed by atoms with E-state index in [1.54, 1.807) is 31.4 Å². The quantitative estimate of drug-likeness (QED) is 0.618. The Labute approximate surface area is 125 Å². The van der Waals surface area contributed by atoms with E-state index in [-0.39, 0.29) is 5.97 Å². The standard InChI is InChI=1S/C18H20O3/c1-12(2)17-10-9-16(11-13(17)3)21-18(19)14-5-7-15(20-4)8-6-14/h5-12H,1-4H3. The fourth-order valence-corrected chi connectivity index (χ4v) is 2.25. The molecule has 0 aromatic heterocycles. The second kappa shape index (κ2) is 6.44. The highest BCUT2D eigenvalue weighted by Crippen LogP contribution is 2.24. The minimum absolute atomic E-state index is 0.366. The Bertz CT molecular complexity index is 627. The largest absolute Gasteiger partial charge is 0.497 e. The number of carbonyl (C=O) groups is 1. The number of esters is 1. The molecule has 3 nitrogen and oxygen atoms in total. The van der Waals surface area contributed by atoms with Crippen LogP contribution in [0.5, 0.6) is 11.5 Å². The molecule has 110 valence electrons. The molecule has 0 aliphatic rings. The highest BCUT2D eigenvalue weighted by molar-refractivity contribution is 5.91. The zero-order valence-electron chi connectivity index (χ0n) is 12.8. The normalized spacial score (nSPS) is 10.5. The highest BCUT2D eigenvalue weighted by Gasteiger charge is 2.10. The van der Waals surface area contributed by atoms with Gasteiger partial charge in [0.15, 0.2) is 0 Å². The Balaban J connectivity index is 2.13. The summed E-state index contributed by atoms with van der Waals surface area (Å²) >= 11 is 0. The lowest BCUT2D eigenvalue weighted by molar-refractivity contribution is 0.0734. The van der Waals surface area contributed by atoms with E-state index in [4.69, 9.17) is 9.47 Å². The maximum atomic E-state index is 12.1. The van der Waals surface area contributed by atoms with Crippen molar-refractivity contribution in [3.63, 3.8) is 0 Å². The van der Waals surface area contributed by atoms with Gasteiger partial charge >= 0.3 is 5.97 Å². The van der Waals surface area contributed by atoms with E-state index in [0.717, 1.165) is 5.56 Å². The van der Waals surface area contributed by atoms with Crippen molar-refractivity contribution in [3.05, 3.63) is 59.2 Å². The third-order valence-corrected chi connectivity index (χ3v) is 3.40. The van der Waals surface area contributed by atoms with Crippen LogP contribution in [0.15, 0.2) is 42.5 Å². The lowest BCUT2D eigenvalue weighted by atomic mass is 9.98. The second-order valence-corrected chi connectivity index (χ2v) is 5.29. The van der Waals surface area contributed by atoms with Gasteiger partial charge in [-0.3, -0.25) is 0 Å². The first-order valence-electron chi connectivity index (χ1n) is 6.98. The minimum Gasteiger partial charge on any atom is -0.497 e. The van der Waals surface area contributed by atoms with Gasteiger partial charge < -0.3 is 9.47 Å². The number of hydrogen-bond acceptors (Lipinski definition) is 3. The van der Waals surface area contributed by atoms with Gasteiger partial charge in [-0.15, -0.1) is 0 Å². The van der Waals surface area contributed by atoms with Gasteiger partial charge in [-0.2, -0.15) is 0 Å². The summed E-state index contributed by atoms with van der Waals surface area (Å²) in [5.74, 6) is 1.37. The van der Waals surface area contributed by atoms with Crippen molar-refractivity contribution >= 4 is 5.97 Å². The molecule has 0 amide bonds. The van der Waals surface area contributed by atoms with Crippen LogP contribution in [0.1, 0.15) is 41.3 Å². The van der Waals surface area contributed by atoms with Gasteiger partial charge in [-0.1, -0.05) is 19.9 Å². The molecule has 21 heavy (non-hydrogen) atoms. The molecule has 3 heteroatoms. The molecule has 0 fully saturated rings. The summed E-state index contributed by atoms with van der Waals surface area (Å²) in [6.07, 6.45) is 0. The lowest BCUT2D eigenvalue weighted by Gasteiger charge is -2.11. The van der Waals surface area contributed by atoms with E-state index in [1.807, 2.05) is 25.1 Å². The molecule has 2 rings (SSSR count). The molecule has 0 aliphatic heterocycles. The lowest BCUT2D eigenvalue weighted by Crippen LogP contribution is -2.08. The van der Waals surface area contributed by atoms with Crippen LogP contribution >= 0.6 is 0 Å². The zero-order chi connectivity index (χ0) is 15.4. The van der Waals surface area contributed by atoms with Gasteiger partial charge in [0.1, 0.15) is 11.5 Å². The smallest absolute Gasteiger partial charge is 0.343 e. The molecule has 0 atom stereocenters. The van der Waals surface area contributed by atoms with Crippen molar-refractivity contribution < 1.29 is 14.3 Å². The molecule has 0 aliphatic carbocycles. The molecule has 0 bridgehead atoms. The van der Waals surface area contributed by atoms with Gasteiger partial charge in [0.25, 0.3) is 0 Å². The molecule has 0 N–H and O–H groups in total. The Morgan fingerprint density at radius 2 is 1.62 bits per heavy atom. The maximum Gasteiger partial charge on any atom is 0.343 e. The maximum absolute atomic E-state index is 12.1. The summed E-state index contributed by atoms with van der Waals surface area (Å²) in [7, 11) is 1.59. The minimum atomic E-state index is -0.366. The SMILES string of the molecule is COc1ccc(C(=O)Oc2ccc(C(C)C)c(C)c2)cc1. The van der Waals surface area contributed by atoms with Gasteiger partial charge in [0, 0.05) is 0 Å². The van der Waals surface area contributed by atoms with E-state index in [1.165, 1.54) is 5.56 Å². The summed E-state index contributed by atoms with van der Waals surface area (Å²) in [5.41, 5.74) is 2.89. The van der Waals surface area contributed by atoms with Crippen LogP contribution < -0.4 is 9.47 Å².